The lowest BCUT2D eigenvalue weighted by Crippen LogP contribution is -2.33. The van der Waals surface area contributed by atoms with Crippen LogP contribution in [-0.4, -0.2) is 38.1 Å². The van der Waals surface area contributed by atoms with Crippen molar-refractivity contribution in [3.63, 3.8) is 0 Å². The number of nitrogens with one attached hydrogen (secondary N) is 1. The molecular weight excluding hydrogens is 196 g/mol. The minimum absolute atomic E-state index is 0.771. The molecule has 2 atom stereocenters. The van der Waals surface area contributed by atoms with Gasteiger partial charge in [-0.05, 0) is 56.5 Å². The van der Waals surface area contributed by atoms with Gasteiger partial charge in [-0.2, -0.15) is 0 Å². The van der Waals surface area contributed by atoms with E-state index < -0.39 is 0 Å². The van der Waals surface area contributed by atoms with E-state index in [1.807, 2.05) is 0 Å². The number of hydrogen-bond donors (Lipinski definition) is 1. The standard InChI is InChI=1S/C14H28N2/c1-11(2)9-15-4-5-16(3)10-12-6-13-8-14(13)7-12/h11-15H,4-10H2,1-3H3. The molecule has 0 heterocycles. The molecule has 2 aliphatic carbocycles. The van der Waals surface area contributed by atoms with Gasteiger partial charge in [0.25, 0.3) is 0 Å². The largest absolute Gasteiger partial charge is 0.315 e. The molecule has 2 heteroatoms. The van der Waals surface area contributed by atoms with Crippen molar-refractivity contribution in [3.05, 3.63) is 0 Å². The van der Waals surface area contributed by atoms with Crippen molar-refractivity contribution in [2.45, 2.75) is 33.1 Å². The third-order valence-electron chi connectivity index (χ3n) is 4.13. The lowest BCUT2D eigenvalue weighted by atomic mass is 10.0. The second-order valence-electron chi connectivity index (χ2n) is 6.45. The van der Waals surface area contributed by atoms with Gasteiger partial charge in [0.15, 0.2) is 0 Å². The monoisotopic (exact) mass is 224 g/mol. The SMILES string of the molecule is CC(C)CNCCN(C)CC1CC2CC2C1. The normalized spacial score (nSPS) is 32.4. The number of hydrogen-bond acceptors (Lipinski definition) is 2. The van der Waals surface area contributed by atoms with E-state index in [0.29, 0.717) is 0 Å². The fourth-order valence-corrected chi connectivity index (χ4v) is 3.18. The van der Waals surface area contributed by atoms with Crippen LogP contribution in [0.1, 0.15) is 33.1 Å². The van der Waals surface area contributed by atoms with Crippen molar-refractivity contribution < 1.29 is 0 Å². The van der Waals surface area contributed by atoms with E-state index in [1.165, 1.54) is 25.9 Å². The van der Waals surface area contributed by atoms with Crippen molar-refractivity contribution in [3.8, 4) is 0 Å². The Morgan fingerprint density at radius 1 is 1.19 bits per heavy atom. The maximum Gasteiger partial charge on any atom is 0.0104 e. The van der Waals surface area contributed by atoms with E-state index >= 15 is 0 Å². The van der Waals surface area contributed by atoms with Crippen LogP contribution in [0.15, 0.2) is 0 Å². The van der Waals surface area contributed by atoms with Crippen LogP contribution in [0.3, 0.4) is 0 Å². The molecule has 16 heavy (non-hydrogen) atoms. The summed E-state index contributed by atoms with van der Waals surface area (Å²) in [6.45, 7) is 9.37. The summed E-state index contributed by atoms with van der Waals surface area (Å²) in [7, 11) is 2.28. The van der Waals surface area contributed by atoms with E-state index in [-0.39, 0.29) is 0 Å². The van der Waals surface area contributed by atoms with Crippen LogP contribution in [0.2, 0.25) is 0 Å². The molecule has 0 aromatic heterocycles. The summed E-state index contributed by atoms with van der Waals surface area (Å²) >= 11 is 0. The van der Waals surface area contributed by atoms with Crippen molar-refractivity contribution in [2.75, 3.05) is 33.2 Å². The Morgan fingerprint density at radius 3 is 2.50 bits per heavy atom. The van der Waals surface area contributed by atoms with Gasteiger partial charge in [-0.15, -0.1) is 0 Å². The summed E-state index contributed by atoms with van der Waals surface area (Å²) in [5.74, 6) is 4.06. The van der Waals surface area contributed by atoms with Gasteiger partial charge in [0, 0.05) is 19.6 Å². The Hall–Kier alpha value is -0.0800. The number of rotatable bonds is 7. The predicted octanol–water partition coefficient (Wildman–Crippen LogP) is 2.21. The number of nitrogens with zero attached hydrogens (tertiary/aromatic N) is 1. The zero-order valence-corrected chi connectivity index (χ0v) is 11.2. The van der Waals surface area contributed by atoms with Gasteiger partial charge in [-0.1, -0.05) is 13.8 Å². The highest BCUT2D eigenvalue weighted by Gasteiger charge is 2.45. The molecule has 0 aromatic rings. The molecule has 0 bridgehead atoms. The van der Waals surface area contributed by atoms with Gasteiger partial charge in [0.2, 0.25) is 0 Å². The molecule has 1 N–H and O–H groups in total. The molecule has 0 amide bonds. The van der Waals surface area contributed by atoms with E-state index in [2.05, 4.69) is 31.1 Å². The van der Waals surface area contributed by atoms with Gasteiger partial charge >= 0.3 is 0 Å². The smallest absolute Gasteiger partial charge is 0.0104 e. The lowest BCUT2D eigenvalue weighted by Gasteiger charge is -2.22. The van der Waals surface area contributed by atoms with Gasteiger partial charge in [-0.25, -0.2) is 0 Å². The molecule has 2 saturated carbocycles. The summed E-state index contributed by atoms with van der Waals surface area (Å²) in [5.41, 5.74) is 0. The quantitative estimate of drug-likeness (QED) is 0.667. The Morgan fingerprint density at radius 2 is 1.88 bits per heavy atom. The van der Waals surface area contributed by atoms with Crippen molar-refractivity contribution in [1.29, 1.82) is 0 Å². The molecule has 0 radical (unpaired) electrons. The number of likely N-dealkylation sites (N-methyl/N-ethyl adjacent to an activating group) is 1. The molecule has 0 aromatic carbocycles. The molecule has 2 fully saturated rings. The van der Waals surface area contributed by atoms with Crippen LogP contribution in [0.25, 0.3) is 0 Å². The van der Waals surface area contributed by atoms with Crippen LogP contribution >= 0.6 is 0 Å². The summed E-state index contributed by atoms with van der Waals surface area (Å²) in [5, 5.41) is 3.52. The van der Waals surface area contributed by atoms with Gasteiger partial charge in [0.05, 0.1) is 0 Å². The van der Waals surface area contributed by atoms with Crippen molar-refractivity contribution >= 4 is 0 Å². The van der Waals surface area contributed by atoms with E-state index in [4.69, 9.17) is 0 Å². The molecular formula is C14H28N2. The maximum absolute atomic E-state index is 3.52. The first-order valence-corrected chi connectivity index (χ1v) is 7.04. The zero-order chi connectivity index (χ0) is 11.5. The van der Waals surface area contributed by atoms with Crippen molar-refractivity contribution in [2.24, 2.45) is 23.7 Å². The first-order chi connectivity index (χ1) is 7.65. The fourth-order valence-electron chi connectivity index (χ4n) is 3.18. The first kappa shape index (κ1) is 12.4. The lowest BCUT2D eigenvalue weighted by molar-refractivity contribution is 0.266. The highest BCUT2D eigenvalue weighted by molar-refractivity contribution is 4.96. The predicted molar refractivity (Wildman–Crippen MR) is 69.5 cm³/mol. The zero-order valence-electron chi connectivity index (χ0n) is 11.2. The topological polar surface area (TPSA) is 15.3 Å². The maximum atomic E-state index is 3.52. The molecule has 0 saturated heterocycles. The Bertz CT molecular complexity index is 205. The number of fused-ring (bicyclic) bond motifs is 1. The van der Waals surface area contributed by atoms with E-state index in [0.717, 1.165) is 36.8 Å². The van der Waals surface area contributed by atoms with Crippen LogP contribution < -0.4 is 5.32 Å². The van der Waals surface area contributed by atoms with E-state index in [1.54, 1.807) is 6.42 Å². The third kappa shape index (κ3) is 3.74. The first-order valence-electron chi connectivity index (χ1n) is 7.04. The van der Waals surface area contributed by atoms with Gasteiger partial charge in [0.1, 0.15) is 0 Å². The Balaban J connectivity index is 1.49. The summed E-state index contributed by atoms with van der Waals surface area (Å²) in [6.07, 6.45) is 4.60. The summed E-state index contributed by atoms with van der Waals surface area (Å²) < 4.78 is 0. The van der Waals surface area contributed by atoms with Gasteiger partial charge < -0.3 is 10.2 Å². The van der Waals surface area contributed by atoms with Gasteiger partial charge in [-0.3, -0.25) is 0 Å². The molecule has 2 nitrogen and oxygen atoms in total. The van der Waals surface area contributed by atoms with Crippen LogP contribution in [0.4, 0.5) is 0 Å². The molecule has 2 unspecified atom stereocenters. The highest BCUT2D eigenvalue weighted by atomic mass is 15.1. The Labute approximate surface area is 101 Å². The van der Waals surface area contributed by atoms with Crippen LogP contribution in [0, 0.1) is 23.7 Å². The molecule has 0 aliphatic heterocycles. The highest BCUT2D eigenvalue weighted by Crippen LogP contribution is 2.54. The van der Waals surface area contributed by atoms with E-state index in [9.17, 15) is 0 Å². The summed E-state index contributed by atoms with van der Waals surface area (Å²) in [6, 6.07) is 0. The second kappa shape index (κ2) is 5.50. The molecule has 2 aliphatic rings. The minimum atomic E-state index is 0.771. The summed E-state index contributed by atoms with van der Waals surface area (Å²) in [4.78, 5) is 2.52. The molecule has 94 valence electrons. The Kier molecular flexibility index (Phi) is 4.26. The minimum Gasteiger partial charge on any atom is -0.315 e. The third-order valence-corrected chi connectivity index (χ3v) is 4.13. The molecule has 0 spiro atoms. The van der Waals surface area contributed by atoms with Crippen molar-refractivity contribution in [1.82, 2.24) is 10.2 Å². The molecule has 2 rings (SSSR count). The van der Waals surface area contributed by atoms with Crippen LogP contribution in [-0.2, 0) is 0 Å². The fraction of sp³-hybridized carbons (Fsp3) is 1.00. The average molecular weight is 224 g/mol. The second-order valence-corrected chi connectivity index (χ2v) is 6.45. The average Bonchev–Trinajstić information content (AvgIpc) is 2.81. The van der Waals surface area contributed by atoms with Crippen LogP contribution in [0.5, 0.6) is 0 Å².